The van der Waals surface area contributed by atoms with Gasteiger partial charge in [0.1, 0.15) is 11.2 Å². The minimum Gasteiger partial charge on any atom is -0.359 e. The summed E-state index contributed by atoms with van der Waals surface area (Å²) in [7, 11) is 0. The highest BCUT2D eigenvalue weighted by Gasteiger charge is 2.54. The zero-order valence-corrected chi connectivity index (χ0v) is 13.4. The highest BCUT2D eigenvalue weighted by Crippen LogP contribution is 2.41. The fourth-order valence-electron chi connectivity index (χ4n) is 3.02. The van der Waals surface area contributed by atoms with Crippen LogP contribution in [0.25, 0.3) is 11.3 Å². The fourth-order valence-corrected chi connectivity index (χ4v) is 3.02. The van der Waals surface area contributed by atoms with E-state index in [1.165, 1.54) is 9.80 Å². The van der Waals surface area contributed by atoms with Crippen LogP contribution in [0.4, 0.5) is 0 Å². The van der Waals surface area contributed by atoms with Crippen molar-refractivity contribution in [3.63, 3.8) is 0 Å². The summed E-state index contributed by atoms with van der Waals surface area (Å²) in [4.78, 5) is 31.6. The maximum absolute atomic E-state index is 12.4. The Bertz CT molecular complexity index is 866. The van der Waals surface area contributed by atoms with Crippen molar-refractivity contribution in [3.8, 4) is 17.3 Å². The molecule has 25 heavy (non-hydrogen) atoms. The van der Waals surface area contributed by atoms with Gasteiger partial charge in [-0.05, 0) is 25.0 Å². The molecule has 8 heteroatoms. The van der Waals surface area contributed by atoms with Gasteiger partial charge in [0, 0.05) is 37.1 Å². The SMILES string of the molecule is N#CC1(N2CCN(Cc3cc(-c4cccnc4)no3)C(=O)C2=O)CC1. The number of carbonyl (C=O) groups is 2. The molecule has 0 radical (unpaired) electrons. The third kappa shape index (κ3) is 2.63. The number of aromatic nitrogens is 2. The van der Waals surface area contributed by atoms with Crippen LogP contribution < -0.4 is 0 Å². The molecule has 0 atom stereocenters. The number of amides is 2. The first-order valence-corrected chi connectivity index (χ1v) is 8.01. The topological polar surface area (TPSA) is 103 Å². The van der Waals surface area contributed by atoms with E-state index in [0.717, 1.165) is 5.56 Å². The van der Waals surface area contributed by atoms with E-state index >= 15 is 0 Å². The summed E-state index contributed by atoms with van der Waals surface area (Å²) in [6, 6.07) is 7.55. The third-order valence-corrected chi connectivity index (χ3v) is 4.62. The van der Waals surface area contributed by atoms with Gasteiger partial charge in [-0.1, -0.05) is 5.16 Å². The number of rotatable bonds is 4. The van der Waals surface area contributed by atoms with Crippen molar-refractivity contribution in [2.24, 2.45) is 0 Å². The summed E-state index contributed by atoms with van der Waals surface area (Å²) in [5.74, 6) is -0.723. The second-order valence-corrected chi connectivity index (χ2v) is 6.25. The molecule has 4 rings (SSSR count). The smallest absolute Gasteiger partial charge is 0.313 e. The van der Waals surface area contributed by atoms with Crippen LogP contribution in [0.2, 0.25) is 0 Å². The molecule has 1 aliphatic carbocycles. The summed E-state index contributed by atoms with van der Waals surface area (Å²) >= 11 is 0. The molecular formula is C17H15N5O3. The molecule has 1 saturated carbocycles. The van der Waals surface area contributed by atoms with Crippen molar-refractivity contribution >= 4 is 11.8 Å². The van der Waals surface area contributed by atoms with Crippen molar-refractivity contribution in [2.45, 2.75) is 24.9 Å². The van der Waals surface area contributed by atoms with Crippen molar-refractivity contribution in [1.82, 2.24) is 19.9 Å². The molecule has 3 heterocycles. The molecule has 0 N–H and O–H groups in total. The predicted octanol–water partition coefficient (Wildman–Crippen LogP) is 0.964. The number of carbonyl (C=O) groups excluding carboxylic acids is 2. The molecule has 0 spiro atoms. The lowest BCUT2D eigenvalue weighted by Crippen LogP contribution is -2.57. The van der Waals surface area contributed by atoms with Crippen LogP contribution in [0, 0.1) is 11.3 Å². The Labute approximate surface area is 143 Å². The van der Waals surface area contributed by atoms with Gasteiger partial charge in [-0.3, -0.25) is 14.6 Å². The van der Waals surface area contributed by atoms with E-state index in [2.05, 4.69) is 16.2 Å². The van der Waals surface area contributed by atoms with Crippen LogP contribution in [0.5, 0.6) is 0 Å². The molecule has 0 aromatic carbocycles. The molecule has 1 saturated heterocycles. The van der Waals surface area contributed by atoms with Crippen LogP contribution in [0.15, 0.2) is 35.1 Å². The number of nitriles is 1. The van der Waals surface area contributed by atoms with E-state index in [1.54, 1.807) is 24.5 Å². The van der Waals surface area contributed by atoms with Gasteiger partial charge in [-0.15, -0.1) is 0 Å². The van der Waals surface area contributed by atoms with Gasteiger partial charge in [0.25, 0.3) is 0 Å². The van der Waals surface area contributed by atoms with E-state index in [9.17, 15) is 14.9 Å². The molecule has 0 unspecified atom stereocenters. The molecule has 2 amide bonds. The lowest BCUT2D eigenvalue weighted by Gasteiger charge is -2.35. The van der Waals surface area contributed by atoms with Gasteiger partial charge < -0.3 is 14.3 Å². The number of hydrogen-bond acceptors (Lipinski definition) is 6. The standard InChI is InChI=1S/C17H15N5O3/c18-11-17(3-4-17)22-7-6-21(15(23)16(22)24)10-13-8-14(20-25-13)12-2-1-5-19-9-12/h1-2,5,8-9H,3-4,6-7,10H2. The first kappa shape index (κ1) is 15.3. The zero-order valence-electron chi connectivity index (χ0n) is 13.4. The largest absolute Gasteiger partial charge is 0.359 e. The third-order valence-electron chi connectivity index (χ3n) is 4.62. The van der Waals surface area contributed by atoms with Crippen LogP contribution in [-0.4, -0.2) is 50.4 Å². The predicted molar refractivity (Wildman–Crippen MR) is 84.4 cm³/mol. The van der Waals surface area contributed by atoms with Crippen molar-refractivity contribution in [3.05, 3.63) is 36.4 Å². The highest BCUT2D eigenvalue weighted by atomic mass is 16.5. The van der Waals surface area contributed by atoms with Gasteiger partial charge >= 0.3 is 11.8 Å². The number of nitrogens with zero attached hydrogens (tertiary/aromatic N) is 5. The second-order valence-electron chi connectivity index (χ2n) is 6.25. The Morgan fingerprint density at radius 3 is 2.80 bits per heavy atom. The Kier molecular flexibility index (Phi) is 3.50. The Balaban J connectivity index is 1.46. The number of piperazine rings is 1. The van der Waals surface area contributed by atoms with Crippen molar-refractivity contribution < 1.29 is 14.1 Å². The molecule has 2 aliphatic rings. The zero-order chi connectivity index (χ0) is 17.4. The molecule has 1 aliphatic heterocycles. The van der Waals surface area contributed by atoms with Crippen molar-refractivity contribution in [1.29, 1.82) is 5.26 Å². The lowest BCUT2D eigenvalue weighted by atomic mass is 10.1. The first-order valence-electron chi connectivity index (χ1n) is 8.01. The monoisotopic (exact) mass is 337 g/mol. The Morgan fingerprint density at radius 2 is 2.12 bits per heavy atom. The minimum absolute atomic E-state index is 0.172. The van der Waals surface area contributed by atoms with E-state index in [1.807, 2.05) is 6.07 Å². The van der Waals surface area contributed by atoms with E-state index in [4.69, 9.17) is 4.52 Å². The van der Waals surface area contributed by atoms with Crippen LogP contribution in [0.3, 0.4) is 0 Å². The summed E-state index contributed by atoms with van der Waals surface area (Å²) < 4.78 is 5.28. The number of hydrogen-bond donors (Lipinski definition) is 0. The van der Waals surface area contributed by atoms with E-state index in [-0.39, 0.29) is 6.54 Å². The number of pyridine rings is 1. The maximum Gasteiger partial charge on any atom is 0.313 e. The normalized spacial score (nSPS) is 19.0. The minimum atomic E-state index is -0.765. The average molecular weight is 337 g/mol. The summed E-state index contributed by atoms with van der Waals surface area (Å²) in [6.45, 7) is 0.907. The fraction of sp³-hybridized carbons (Fsp3) is 0.353. The lowest BCUT2D eigenvalue weighted by molar-refractivity contribution is -0.158. The van der Waals surface area contributed by atoms with Crippen LogP contribution in [-0.2, 0) is 16.1 Å². The van der Waals surface area contributed by atoms with Gasteiger partial charge in [0.15, 0.2) is 5.76 Å². The van der Waals surface area contributed by atoms with Crippen LogP contribution in [0.1, 0.15) is 18.6 Å². The summed E-state index contributed by atoms with van der Waals surface area (Å²) in [5, 5.41) is 13.2. The van der Waals surface area contributed by atoms with Gasteiger partial charge in [0.05, 0.1) is 12.6 Å². The van der Waals surface area contributed by atoms with E-state index < -0.39 is 17.4 Å². The van der Waals surface area contributed by atoms with Gasteiger partial charge in [-0.2, -0.15) is 5.26 Å². The Hall–Kier alpha value is -3.21. The molecule has 8 nitrogen and oxygen atoms in total. The first-order chi connectivity index (χ1) is 12.1. The van der Waals surface area contributed by atoms with Crippen molar-refractivity contribution in [2.75, 3.05) is 13.1 Å². The molecule has 0 bridgehead atoms. The highest BCUT2D eigenvalue weighted by molar-refractivity contribution is 6.35. The molecule has 2 aromatic rings. The molecule has 2 aromatic heterocycles. The summed E-state index contributed by atoms with van der Waals surface area (Å²) in [5.41, 5.74) is 0.676. The molecular weight excluding hydrogens is 322 g/mol. The van der Waals surface area contributed by atoms with Gasteiger partial charge in [0.2, 0.25) is 0 Å². The molecule has 126 valence electrons. The molecule has 2 fully saturated rings. The Morgan fingerprint density at radius 1 is 1.28 bits per heavy atom. The van der Waals surface area contributed by atoms with Crippen LogP contribution >= 0.6 is 0 Å². The quantitative estimate of drug-likeness (QED) is 0.770. The van der Waals surface area contributed by atoms with Gasteiger partial charge in [-0.25, -0.2) is 0 Å². The average Bonchev–Trinajstić information content (AvgIpc) is 3.30. The van der Waals surface area contributed by atoms with E-state index in [0.29, 0.717) is 37.4 Å². The summed E-state index contributed by atoms with van der Waals surface area (Å²) in [6.07, 6.45) is 4.62. The maximum atomic E-state index is 12.4. The second kappa shape index (κ2) is 5.70.